The Balaban J connectivity index is 0.892. The van der Waals surface area contributed by atoms with Crippen LogP contribution in [0.2, 0.25) is 0 Å². The van der Waals surface area contributed by atoms with E-state index in [9.17, 15) is 0 Å². The molecular weight excluding hydrogens is 1670 g/mol. The summed E-state index contributed by atoms with van der Waals surface area (Å²) in [6.45, 7) is 0. The molecule has 5 heteroatoms. The molecule has 0 aromatic heterocycles. The van der Waals surface area contributed by atoms with E-state index in [0.29, 0.717) is 0 Å². The summed E-state index contributed by atoms with van der Waals surface area (Å²) in [6, 6.07) is 169. The Morgan fingerprint density at radius 3 is 0.426 bits per heavy atom. The summed E-state index contributed by atoms with van der Waals surface area (Å²) in [7, 11) is 0. The molecule has 0 N–H and O–H groups in total. The summed E-state index contributed by atoms with van der Waals surface area (Å²) in [5.74, 6) is -1.81. The van der Waals surface area contributed by atoms with Crippen LogP contribution in [0, 0.1) is 29.1 Å². The van der Waals surface area contributed by atoms with Crippen molar-refractivity contribution in [2.75, 3.05) is 0 Å². The lowest BCUT2D eigenvalue weighted by atomic mass is 9.66. The minimum Gasteiger partial charge on any atom is -0.207 e. The van der Waals surface area contributed by atoms with Crippen molar-refractivity contribution >= 4 is 0 Å². The number of hydrogen-bond acceptors (Lipinski definition) is 0. The molecule has 0 amide bonds. The van der Waals surface area contributed by atoms with E-state index in [4.69, 9.17) is 0 Å². The molecule has 0 saturated heterocycles. The summed E-state index contributed by atoms with van der Waals surface area (Å²) in [6.07, 6.45) is 0. The third-order valence-corrected chi connectivity index (χ3v) is 30.4. The van der Waals surface area contributed by atoms with Gasteiger partial charge in [0.1, 0.15) is 29.1 Å². The zero-order valence-electron chi connectivity index (χ0n) is 73.7. The van der Waals surface area contributed by atoms with E-state index < -0.39 is 27.1 Å². The molecule has 0 fully saturated rings. The van der Waals surface area contributed by atoms with Crippen LogP contribution in [0.3, 0.4) is 0 Å². The maximum Gasteiger partial charge on any atom is 0.123 e. The number of benzene rings is 21. The van der Waals surface area contributed by atoms with Crippen LogP contribution in [0.1, 0.15) is 111 Å². The number of rotatable bonds is 15. The van der Waals surface area contributed by atoms with E-state index >= 15 is 22.0 Å². The van der Waals surface area contributed by atoms with Crippen LogP contribution >= 0.6 is 0 Å². The minimum atomic E-state index is -1.15. The Morgan fingerprint density at radius 1 is 0.110 bits per heavy atom. The standard InChI is InChI=1S/C131H81F5/c132-97-56-66-107-102-61-51-82(71-114(102)127(119(107)76-97,87-31-11-1-12-32-87)88-33-13-2-14-34-88)112-81-113(83-52-62-103-108-67-57-98(133)77-120(108)128(115(103)72-83,89-35-15-3-16-36-89)90-37-17-4-18-38-90)125(85-54-64-105-110-69-59-100(135)79-122(110)130(117(105)74-85,93-43-23-7-24-44-93)94-45-25-8-26-46-94)126(86-55-65-106-111-70-60-101(136)80-123(111)131(118(106)75-86,95-47-27-9-28-48-95)96-49-29-10-30-50-96)124(112)84-53-63-104-109-68-58-99(134)78-121(109)129(116(104)73-84,91-39-19-5-20-40-91)92-41-21-6-22-42-92/h1-81H. The van der Waals surface area contributed by atoms with Crippen LogP contribution in [-0.2, 0) is 27.1 Å². The second-order valence-corrected chi connectivity index (χ2v) is 36.8. The lowest BCUT2D eigenvalue weighted by Crippen LogP contribution is -2.29. The van der Waals surface area contributed by atoms with Crippen LogP contribution in [0.25, 0.3) is 111 Å². The second-order valence-electron chi connectivity index (χ2n) is 36.8. The molecule has 0 aliphatic heterocycles. The van der Waals surface area contributed by atoms with Gasteiger partial charge in [-0.15, -0.1) is 0 Å². The molecule has 0 spiro atoms. The molecule has 21 aromatic rings. The first-order valence-corrected chi connectivity index (χ1v) is 46.5. The van der Waals surface area contributed by atoms with Crippen LogP contribution < -0.4 is 0 Å². The largest absolute Gasteiger partial charge is 0.207 e. The Labute approximate surface area is 786 Å². The Hall–Kier alpha value is -16.7. The first kappa shape index (κ1) is 80.2. The fourth-order valence-electron chi connectivity index (χ4n) is 25.1. The monoisotopic (exact) mass is 1750 g/mol. The van der Waals surface area contributed by atoms with Crippen molar-refractivity contribution in [3.05, 3.63) is 632 Å². The highest BCUT2D eigenvalue weighted by Gasteiger charge is 2.54. The Kier molecular flexibility index (Phi) is 18.2. The van der Waals surface area contributed by atoms with E-state index in [1.54, 1.807) is 60.7 Å². The zero-order chi connectivity index (χ0) is 90.8. The zero-order valence-corrected chi connectivity index (χ0v) is 73.7. The highest BCUT2D eigenvalue weighted by molar-refractivity contribution is 6.11. The predicted molar refractivity (Wildman–Crippen MR) is 540 cm³/mol. The first-order chi connectivity index (χ1) is 67.0. The van der Waals surface area contributed by atoms with Gasteiger partial charge in [0.15, 0.2) is 0 Å². The Morgan fingerprint density at radius 2 is 0.250 bits per heavy atom. The molecule has 0 atom stereocenters. The fraction of sp³-hybridized carbons (Fsp3) is 0.0382. The number of halogens is 5. The van der Waals surface area contributed by atoms with Crippen molar-refractivity contribution in [2.45, 2.75) is 27.1 Å². The van der Waals surface area contributed by atoms with Crippen molar-refractivity contribution in [1.82, 2.24) is 0 Å². The summed E-state index contributed by atoms with van der Waals surface area (Å²) < 4.78 is 86.1. The highest BCUT2D eigenvalue weighted by atomic mass is 19.1. The van der Waals surface area contributed by atoms with E-state index in [1.165, 1.54) is 0 Å². The number of fused-ring (bicyclic) bond motifs is 15. The predicted octanol–water partition coefficient (Wildman–Crippen LogP) is 32.5. The van der Waals surface area contributed by atoms with E-state index in [-0.39, 0.29) is 29.1 Å². The van der Waals surface area contributed by atoms with Gasteiger partial charge in [-0.25, -0.2) is 22.0 Å². The molecule has 136 heavy (non-hydrogen) atoms. The van der Waals surface area contributed by atoms with Crippen molar-refractivity contribution in [3.8, 4) is 111 Å². The third-order valence-electron chi connectivity index (χ3n) is 30.4. The van der Waals surface area contributed by atoms with Crippen molar-refractivity contribution in [1.29, 1.82) is 0 Å². The second kappa shape index (κ2) is 30.9. The highest BCUT2D eigenvalue weighted by Crippen LogP contribution is 2.66. The normalized spacial score (nSPS) is 14.4. The summed E-state index contributed by atoms with van der Waals surface area (Å²) in [4.78, 5) is 0. The molecule has 5 aliphatic rings. The molecular formula is C131H81F5. The van der Waals surface area contributed by atoms with Gasteiger partial charge in [-0.1, -0.05) is 394 Å². The van der Waals surface area contributed by atoms with Gasteiger partial charge in [0, 0.05) is 0 Å². The molecule has 0 radical (unpaired) electrons. The number of hydrogen-bond donors (Lipinski definition) is 0. The summed E-state index contributed by atoms with van der Waals surface area (Å²) >= 11 is 0. The smallest absolute Gasteiger partial charge is 0.123 e. The molecule has 0 saturated carbocycles. The molecule has 0 nitrogen and oxygen atoms in total. The quantitative estimate of drug-likeness (QED) is 0.0898. The summed E-state index contributed by atoms with van der Waals surface area (Å²) in [5, 5.41) is 0. The van der Waals surface area contributed by atoms with Crippen molar-refractivity contribution < 1.29 is 22.0 Å². The molecule has 0 unspecified atom stereocenters. The van der Waals surface area contributed by atoms with Crippen LogP contribution in [0.5, 0.6) is 0 Å². The third kappa shape index (κ3) is 11.4. The summed E-state index contributed by atoms with van der Waals surface area (Å²) in [5.41, 5.74) is 30.1. The van der Waals surface area contributed by atoms with Crippen LogP contribution in [-0.4, -0.2) is 0 Å². The average Bonchev–Trinajstić information content (AvgIpc) is 1.49. The van der Waals surface area contributed by atoms with Gasteiger partial charge in [-0.3, -0.25) is 0 Å². The van der Waals surface area contributed by atoms with E-state index in [1.807, 2.05) is 91.0 Å². The maximum absolute atomic E-state index is 17.3. The Bertz CT molecular complexity index is 7820. The molecule has 21 aromatic carbocycles. The molecule has 0 bridgehead atoms. The van der Waals surface area contributed by atoms with E-state index in [2.05, 4.69) is 340 Å². The lowest BCUT2D eigenvalue weighted by molar-refractivity contribution is 0.621. The van der Waals surface area contributed by atoms with Gasteiger partial charge in [-0.05, 0) is 320 Å². The van der Waals surface area contributed by atoms with Crippen molar-refractivity contribution in [3.63, 3.8) is 0 Å². The molecule has 26 rings (SSSR count). The van der Waals surface area contributed by atoms with Gasteiger partial charge in [-0.2, -0.15) is 0 Å². The van der Waals surface area contributed by atoms with Gasteiger partial charge in [0.2, 0.25) is 0 Å². The van der Waals surface area contributed by atoms with Gasteiger partial charge in [0.25, 0.3) is 0 Å². The van der Waals surface area contributed by atoms with Gasteiger partial charge in [0.05, 0.1) is 27.1 Å². The van der Waals surface area contributed by atoms with Crippen LogP contribution in [0.4, 0.5) is 22.0 Å². The molecule has 5 aliphatic carbocycles. The minimum absolute atomic E-state index is 0.358. The topological polar surface area (TPSA) is 0 Å². The first-order valence-electron chi connectivity index (χ1n) is 46.5. The maximum atomic E-state index is 17.3. The molecule has 640 valence electrons. The lowest BCUT2D eigenvalue weighted by Gasteiger charge is -2.35. The van der Waals surface area contributed by atoms with Crippen molar-refractivity contribution in [2.24, 2.45) is 0 Å². The van der Waals surface area contributed by atoms with Gasteiger partial charge >= 0.3 is 0 Å². The fourth-order valence-corrected chi connectivity index (χ4v) is 25.1. The average molecular weight is 1750 g/mol. The molecule has 0 heterocycles. The SMILES string of the molecule is Fc1ccc2c(c1)C(c1ccccc1)(c1ccccc1)c1cc(-c3cc(-c4ccc5c(c4)C(c4ccccc4)(c4ccccc4)c4cc(F)ccc4-5)c(-c4ccc5c(c4)C(c4ccccc4)(c4ccccc4)c4cc(F)ccc4-5)c(-c4ccc5c(c4)C(c4ccccc4)(c4ccccc4)c4cc(F)ccc4-5)c3-c3ccc4c(c3)C(c3ccccc3)(c3ccccc3)c3cc(F)ccc3-4)ccc1-2. The van der Waals surface area contributed by atoms with Gasteiger partial charge < -0.3 is 0 Å². The van der Waals surface area contributed by atoms with Crippen LogP contribution in [0.15, 0.2) is 491 Å². The van der Waals surface area contributed by atoms with E-state index in [0.717, 1.165) is 223 Å².